The van der Waals surface area contributed by atoms with Crippen LogP contribution in [0.2, 0.25) is 0 Å². The van der Waals surface area contributed by atoms with Crippen molar-refractivity contribution in [2.24, 2.45) is 5.92 Å². The molecule has 31 heavy (non-hydrogen) atoms. The van der Waals surface area contributed by atoms with E-state index in [1.165, 1.54) is 0 Å². The fraction of sp³-hybridized carbons (Fsp3) is 0.500. The molecule has 166 valence electrons. The van der Waals surface area contributed by atoms with E-state index in [1.54, 1.807) is 0 Å². The van der Waals surface area contributed by atoms with Crippen LogP contribution in [0, 0.1) is 5.92 Å². The summed E-state index contributed by atoms with van der Waals surface area (Å²) in [6, 6.07) is -0.300. The molecule has 0 aromatic carbocycles. The first kappa shape index (κ1) is 22.9. The standard InChI is InChI=1S/C22H30BN3O5/c1-15(2)11-19(23-30-14-21(28)31-23)25-20(27)13-24-22(29)18-9-10-26(18)17-8-6-4-5-7-16(3)12-17/h4-8,12,15,18-19H,9-11,13-14H2,1-3H3,(H,24,29)(H,25,27)/b5-4?,6-4-,7-5-,8-6?,16-7?,16-12-,17-8+,17-12?. The molecule has 2 aliphatic heterocycles. The molecule has 0 spiro atoms. The molecule has 0 bridgehead atoms. The van der Waals surface area contributed by atoms with Gasteiger partial charge in [-0.3, -0.25) is 14.4 Å². The number of rotatable bonds is 8. The molecule has 3 aliphatic rings. The third-order valence-electron chi connectivity index (χ3n) is 5.31. The van der Waals surface area contributed by atoms with Crippen LogP contribution >= 0.6 is 0 Å². The third kappa shape index (κ3) is 6.34. The van der Waals surface area contributed by atoms with Crippen molar-refractivity contribution in [3.05, 3.63) is 47.7 Å². The maximum absolute atomic E-state index is 12.7. The lowest BCUT2D eigenvalue weighted by molar-refractivity contribution is -0.132. The van der Waals surface area contributed by atoms with Gasteiger partial charge >= 0.3 is 13.1 Å². The van der Waals surface area contributed by atoms with Gasteiger partial charge in [0.05, 0.1) is 12.5 Å². The van der Waals surface area contributed by atoms with E-state index in [0.717, 1.165) is 24.2 Å². The highest BCUT2D eigenvalue weighted by atomic mass is 16.7. The van der Waals surface area contributed by atoms with E-state index in [0.29, 0.717) is 6.42 Å². The molecule has 2 N–H and O–H groups in total. The molecule has 0 radical (unpaired) electrons. The molecule has 2 heterocycles. The quantitative estimate of drug-likeness (QED) is 0.567. The Balaban J connectivity index is 1.52. The van der Waals surface area contributed by atoms with E-state index in [1.807, 2.05) is 62.1 Å². The molecule has 3 rings (SSSR count). The zero-order valence-corrected chi connectivity index (χ0v) is 18.3. The number of allylic oxidation sites excluding steroid dienone is 7. The van der Waals surface area contributed by atoms with Crippen LogP contribution in [0.5, 0.6) is 0 Å². The zero-order valence-electron chi connectivity index (χ0n) is 18.3. The summed E-state index contributed by atoms with van der Waals surface area (Å²) in [6.07, 6.45) is 13.2. The average Bonchev–Trinajstić information content (AvgIpc) is 3.08. The summed E-state index contributed by atoms with van der Waals surface area (Å²) in [4.78, 5) is 38.5. The van der Waals surface area contributed by atoms with Gasteiger partial charge in [-0.05, 0) is 43.4 Å². The summed E-state index contributed by atoms with van der Waals surface area (Å²) >= 11 is 0. The van der Waals surface area contributed by atoms with Crippen molar-refractivity contribution >= 4 is 24.9 Å². The fourth-order valence-electron chi connectivity index (χ4n) is 3.74. The van der Waals surface area contributed by atoms with Crippen LogP contribution < -0.4 is 10.6 Å². The highest BCUT2D eigenvalue weighted by Crippen LogP contribution is 2.25. The molecule has 2 amide bonds. The van der Waals surface area contributed by atoms with Gasteiger partial charge in [0.15, 0.2) is 0 Å². The van der Waals surface area contributed by atoms with E-state index in [9.17, 15) is 14.4 Å². The number of hydrogen-bond acceptors (Lipinski definition) is 6. The summed E-state index contributed by atoms with van der Waals surface area (Å²) in [5, 5.41) is 5.56. The van der Waals surface area contributed by atoms with Gasteiger partial charge in [-0.2, -0.15) is 0 Å². The predicted octanol–water partition coefficient (Wildman–Crippen LogP) is 1.26. The Morgan fingerprint density at radius 3 is 2.74 bits per heavy atom. The average molecular weight is 427 g/mol. The second-order valence-electron chi connectivity index (χ2n) is 8.41. The second-order valence-corrected chi connectivity index (χ2v) is 8.41. The zero-order chi connectivity index (χ0) is 22.4. The number of likely N-dealkylation sites (tertiary alicyclic amines) is 1. The minimum absolute atomic E-state index is 0.113. The second kappa shape index (κ2) is 10.5. The van der Waals surface area contributed by atoms with Gasteiger partial charge in [-0.15, -0.1) is 0 Å². The number of amides is 2. The molecule has 8 nitrogen and oxygen atoms in total. The number of hydrogen-bond donors (Lipinski definition) is 2. The molecule has 0 saturated carbocycles. The van der Waals surface area contributed by atoms with Crippen molar-refractivity contribution in [3.63, 3.8) is 0 Å². The van der Waals surface area contributed by atoms with Crippen molar-refractivity contribution in [3.8, 4) is 0 Å². The van der Waals surface area contributed by atoms with Crippen LogP contribution in [-0.2, 0) is 23.7 Å². The maximum atomic E-state index is 12.7. The third-order valence-corrected chi connectivity index (χ3v) is 5.31. The van der Waals surface area contributed by atoms with Gasteiger partial charge in [0.1, 0.15) is 12.6 Å². The lowest BCUT2D eigenvalue weighted by Crippen LogP contribution is -2.57. The van der Waals surface area contributed by atoms with E-state index >= 15 is 0 Å². The van der Waals surface area contributed by atoms with Gasteiger partial charge in [0, 0.05) is 12.2 Å². The maximum Gasteiger partial charge on any atom is 0.551 e. The highest BCUT2D eigenvalue weighted by molar-refractivity contribution is 6.51. The molecule has 2 atom stereocenters. The Kier molecular flexibility index (Phi) is 7.73. The topological polar surface area (TPSA) is 97.0 Å². The van der Waals surface area contributed by atoms with Gasteiger partial charge in [0.25, 0.3) is 0 Å². The largest absolute Gasteiger partial charge is 0.551 e. The molecule has 2 fully saturated rings. The van der Waals surface area contributed by atoms with Crippen molar-refractivity contribution in [1.82, 2.24) is 15.5 Å². The molecule has 9 heteroatoms. The normalized spacial score (nSPS) is 27.0. The Hall–Kier alpha value is -2.81. The van der Waals surface area contributed by atoms with Gasteiger partial charge in [-0.25, -0.2) is 0 Å². The van der Waals surface area contributed by atoms with Gasteiger partial charge in [-0.1, -0.05) is 38.2 Å². The summed E-state index contributed by atoms with van der Waals surface area (Å²) in [7, 11) is -0.792. The minimum Gasteiger partial charge on any atom is -0.507 e. The molecule has 0 aromatic rings. The molecule has 1 aliphatic carbocycles. The number of nitrogens with one attached hydrogen (secondary N) is 2. The first-order valence-corrected chi connectivity index (χ1v) is 10.7. The first-order chi connectivity index (χ1) is 14.8. The molecule has 0 aromatic heterocycles. The van der Waals surface area contributed by atoms with Crippen LogP contribution in [-0.4, -0.2) is 61.5 Å². The van der Waals surface area contributed by atoms with Crippen LogP contribution in [0.25, 0.3) is 0 Å². The molecular formula is C22H30BN3O5. The SMILES string of the molecule is CC1=C/C(N2CCC2C(=O)NCC(=O)NC(CC(C)C)B2OCC(=O)O2)=C\C=C/C=C\1. The molecular weight excluding hydrogens is 397 g/mol. The minimum atomic E-state index is -0.792. The van der Waals surface area contributed by atoms with Crippen LogP contribution in [0.1, 0.15) is 33.6 Å². The van der Waals surface area contributed by atoms with Crippen molar-refractivity contribution in [2.45, 2.75) is 45.6 Å². The fourth-order valence-corrected chi connectivity index (χ4v) is 3.74. The Bertz CT molecular complexity index is 833. The van der Waals surface area contributed by atoms with E-state index in [-0.39, 0.29) is 36.9 Å². The summed E-state index contributed by atoms with van der Waals surface area (Å²) < 4.78 is 10.5. The van der Waals surface area contributed by atoms with E-state index in [2.05, 4.69) is 10.6 Å². The number of carbonyl (C=O) groups is 3. The summed E-state index contributed by atoms with van der Waals surface area (Å²) in [5.41, 5.74) is 2.08. The van der Waals surface area contributed by atoms with E-state index < -0.39 is 19.0 Å². The Morgan fingerprint density at radius 1 is 1.29 bits per heavy atom. The van der Waals surface area contributed by atoms with E-state index in [4.69, 9.17) is 9.31 Å². The van der Waals surface area contributed by atoms with Crippen LogP contribution in [0.15, 0.2) is 47.7 Å². The summed E-state index contributed by atoms with van der Waals surface area (Å²) in [5.74, 6) is -1.15. The molecule has 2 unspecified atom stereocenters. The Labute approximate surface area is 183 Å². The number of nitrogens with zero attached hydrogens (tertiary/aromatic N) is 1. The van der Waals surface area contributed by atoms with Crippen LogP contribution in [0.4, 0.5) is 0 Å². The highest BCUT2D eigenvalue weighted by Gasteiger charge is 2.41. The van der Waals surface area contributed by atoms with Crippen molar-refractivity contribution < 1.29 is 23.7 Å². The predicted molar refractivity (Wildman–Crippen MR) is 117 cm³/mol. The lowest BCUT2D eigenvalue weighted by Gasteiger charge is -2.42. The molecule has 2 saturated heterocycles. The summed E-state index contributed by atoms with van der Waals surface area (Å²) in [6.45, 7) is 6.56. The number of carbonyl (C=O) groups excluding carboxylic acids is 3. The lowest BCUT2D eigenvalue weighted by atomic mass is 9.74. The van der Waals surface area contributed by atoms with Crippen LogP contribution in [0.3, 0.4) is 0 Å². The van der Waals surface area contributed by atoms with Gasteiger partial charge in [0.2, 0.25) is 11.8 Å². The smallest absolute Gasteiger partial charge is 0.507 e. The monoisotopic (exact) mass is 427 g/mol. The van der Waals surface area contributed by atoms with Crippen molar-refractivity contribution in [2.75, 3.05) is 19.7 Å². The van der Waals surface area contributed by atoms with Gasteiger partial charge < -0.3 is 24.8 Å². The van der Waals surface area contributed by atoms with Crippen molar-refractivity contribution in [1.29, 1.82) is 0 Å². The Morgan fingerprint density at radius 2 is 2.10 bits per heavy atom. The first-order valence-electron chi connectivity index (χ1n) is 10.7.